The van der Waals surface area contributed by atoms with Gasteiger partial charge in [-0.3, -0.25) is 9.79 Å². The van der Waals surface area contributed by atoms with Crippen molar-refractivity contribution in [3.63, 3.8) is 0 Å². The Balaban J connectivity index is 1.90. The van der Waals surface area contributed by atoms with Gasteiger partial charge in [0.25, 0.3) is 0 Å². The quantitative estimate of drug-likeness (QED) is 0.372. The molecule has 1 aliphatic rings. The molecule has 7 heteroatoms. The normalized spacial score (nSPS) is 13.9. The maximum Gasteiger partial charge on any atom is 0.220 e. The number of carbonyl (C=O) groups excluding carboxylic acids is 1. The lowest BCUT2D eigenvalue weighted by Gasteiger charge is -2.23. The number of hydrogen-bond acceptors (Lipinski definition) is 4. The summed E-state index contributed by atoms with van der Waals surface area (Å²) in [6.45, 7) is 4.09. The summed E-state index contributed by atoms with van der Waals surface area (Å²) < 4.78 is 10.7. The number of amides is 1. The lowest BCUT2D eigenvalue weighted by Crippen LogP contribution is -2.38. The third kappa shape index (κ3) is 7.00. The Morgan fingerprint density at radius 3 is 2.70 bits per heavy atom. The molecule has 1 saturated carbocycles. The topological polar surface area (TPSA) is 75.2 Å². The zero-order valence-electron chi connectivity index (χ0n) is 16.9. The molecule has 0 atom stereocenters. The molecule has 0 saturated heterocycles. The van der Waals surface area contributed by atoms with Crippen molar-refractivity contribution in [1.82, 2.24) is 15.5 Å². The van der Waals surface area contributed by atoms with Crippen LogP contribution in [-0.4, -0.2) is 57.2 Å². The minimum atomic E-state index is 0.133. The van der Waals surface area contributed by atoms with Crippen LogP contribution in [0.2, 0.25) is 0 Å². The van der Waals surface area contributed by atoms with Crippen molar-refractivity contribution in [2.24, 2.45) is 4.99 Å². The first-order valence-corrected chi connectivity index (χ1v) is 9.57. The molecular formula is C20H32N4O3. The highest BCUT2D eigenvalue weighted by molar-refractivity contribution is 5.80. The van der Waals surface area contributed by atoms with E-state index in [9.17, 15) is 4.79 Å². The van der Waals surface area contributed by atoms with Crippen LogP contribution in [0.5, 0.6) is 11.5 Å². The van der Waals surface area contributed by atoms with Crippen molar-refractivity contribution >= 4 is 11.9 Å². The highest BCUT2D eigenvalue weighted by Gasteiger charge is 2.22. The molecular weight excluding hydrogens is 344 g/mol. The number of nitrogens with one attached hydrogen (secondary N) is 2. The van der Waals surface area contributed by atoms with Crippen LogP contribution in [0.4, 0.5) is 0 Å². The fraction of sp³-hybridized carbons (Fsp3) is 0.600. The van der Waals surface area contributed by atoms with E-state index in [1.54, 1.807) is 14.2 Å². The fourth-order valence-electron chi connectivity index (χ4n) is 2.73. The summed E-state index contributed by atoms with van der Waals surface area (Å²) >= 11 is 0. The molecule has 27 heavy (non-hydrogen) atoms. The number of aliphatic imine (C=N–C) groups is 1. The van der Waals surface area contributed by atoms with E-state index in [0.717, 1.165) is 48.8 Å². The minimum absolute atomic E-state index is 0.133. The molecule has 0 bridgehead atoms. The van der Waals surface area contributed by atoms with Gasteiger partial charge in [0.15, 0.2) is 5.96 Å². The molecule has 1 aromatic rings. The van der Waals surface area contributed by atoms with Crippen molar-refractivity contribution in [2.45, 2.75) is 45.2 Å². The Morgan fingerprint density at radius 2 is 2.07 bits per heavy atom. The fourth-order valence-corrected chi connectivity index (χ4v) is 2.73. The largest absolute Gasteiger partial charge is 0.497 e. The van der Waals surface area contributed by atoms with Gasteiger partial charge in [-0.15, -0.1) is 0 Å². The third-order valence-corrected chi connectivity index (χ3v) is 4.36. The predicted octanol–water partition coefficient (Wildman–Crippen LogP) is 2.16. The highest BCUT2D eigenvalue weighted by atomic mass is 16.5. The Bertz CT molecular complexity index is 644. The molecule has 0 heterocycles. The van der Waals surface area contributed by atoms with Crippen LogP contribution in [-0.2, 0) is 11.3 Å². The number of hydrogen-bond donors (Lipinski definition) is 2. The van der Waals surface area contributed by atoms with E-state index < -0.39 is 0 Å². The first-order valence-electron chi connectivity index (χ1n) is 9.57. The standard InChI is InChI=1S/C20H32N4O3/c1-5-21-20(22-12-6-7-19(25)23-16-9-10-16)24(2)14-15-8-11-17(26-3)13-18(15)27-4/h8,11,13,16H,5-7,9-10,12,14H2,1-4H3,(H,21,22)(H,23,25). The van der Waals surface area contributed by atoms with Gasteiger partial charge in [0.2, 0.25) is 5.91 Å². The van der Waals surface area contributed by atoms with E-state index in [0.29, 0.717) is 25.6 Å². The zero-order chi connectivity index (χ0) is 19.6. The van der Waals surface area contributed by atoms with E-state index in [1.165, 1.54) is 0 Å². The lowest BCUT2D eigenvalue weighted by atomic mass is 10.2. The number of rotatable bonds is 10. The second-order valence-electron chi connectivity index (χ2n) is 6.71. The van der Waals surface area contributed by atoms with Gasteiger partial charge in [-0.2, -0.15) is 0 Å². The van der Waals surface area contributed by atoms with Gasteiger partial charge < -0.3 is 25.0 Å². The molecule has 0 aromatic heterocycles. The summed E-state index contributed by atoms with van der Waals surface area (Å²) in [5.74, 6) is 2.50. The number of guanidine groups is 1. The molecule has 0 aliphatic heterocycles. The van der Waals surface area contributed by atoms with Crippen molar-refractivity contribution in [3.05, 3.63) is 23.8 Å². The predicted molar refractivity (Wildman–Crippen MR) is 107 cm³/mol. The Labute approximate surface area is 162 Å². The first kappa shape index (κ1) is 20.9. The third-order valence-electron chi connectivity index (χ3n) is 4.36. The summed E-state index contributed by atoms with van der Waals surface area (Å²) in [4.78, 5) is 18.5. The molecule has 2 N–H and O–H groups in total. The first-order chi connectivity index (χ1) is 13.1. The van der Waals surface area contributed by atoms with Crippen LogP contribution in [0.3, 0.4) is 0 Å². The highest BCUT2D eigenvalue weighted by Crippen LogP contribution is 2.25. The van der Waals surface area contributed by atoms with Crippen LogP contribution in [0.15, 0.2) is 23.2 Å². The van der Waals surface area contributed by atoms with Crippen molar-refractivity contribution in [2.75, 3.05) is 34.4 Å². The molecule has 0 spiro atoms. The molecule has 2 rings (SSSR count). The second kappa shape index (κ2) is 10.6. The van der Waals surface area contributed by atoms with Crippen molar-refractivity contribution < 1.29 is 14.3 Å². The average molecular weight is 377 g/mol. The van der Waals surface area contributed by atoms with E-state index in [-0.39, 0.29) is 5.91 Å². The van der Waals surface area contributed by atoms with E-state index in [2.05, 4.69) is 20.5 Å². The van der Waals surface area contributed by atoms with Gasteiger partial charge >= 0.3 is 0 Å². The number of nitrogens with zero attached hydrogens (tertiary/aromatic N) is 2. The molecule has 0 unspecified atom stereocenters. The van der Waals surface area contributed by atoms with Gasteiger partial charge in [0.05, 0.1) is 14.2 Å². The van der Waals surface area contributed by atoms with Crippen molar-refractivity contribution in [3.8, 4) is 11.5 Å². The minimum Gasteiger partial charge on any atom is -0.497 e. The van der Waals surface area contributed by atoms with Gasteiger partial charge in [-0.25, -0.2) is 0 Å². The van der Waals surface area contributed by atoms with Gasteiger partial charge in [0.1, 0.15) is 11.5 Å². The van der Waals surface area contributed by atoms with Crippen LogP contribution < -0.4 is 20.1 Å². The van der Waals surface area contributed by atoms with Crippen molar-refractivity contribution in [1.29, 1.82) is 0 Å². The maximum atomic E-state index is 11.8. The second-order valence-corrected chi connectivity index (χ2v) is 6.71. The number of carbonyl (C=O) groups is 1. The van der Waals surface area contributed by atoms with Gasteiger partial charge in [-0.1, -0.05) is 0 Å². The van der Waals surface area contributed by atoms with E-state index in [4.69, 9.17) is 9.47 Å². The summed E-state index contributed by atoms with van der Waals surface area (Å²) in [6, 6.07) is 6.23. The Hall–Kier alpha value is -2.44. The zero-order valence-corrected chi connectivity index (χ0v) is 16.9. The molecule has 1 amide bonds. The summed E-state index contributed by atoms with van der Waals surface area (Å²) in [7, 11) is 5.29. The molecule has 0 radical (unpaired) electrons. The molecule has 1 aromatic carbocycles. The monoisotopic (exact) mass is 376 g/mol. The summed E-state index contributed by atoms with van der Waals surface area (Å²) in [5, 5.41) is 6.31. The summed E-state index contributed by atoms with van der Waals surface area (Å²) in [6.07, 6.45) is 3.50. The number of benzene rings is 1. The average Bonchev–Trinajstić information content (AvgIpc) is 3.48. The Morgan fingerprint density at radius 1 is 1.30 bits per heavy atom. The smallest absolute Gasteiger partial charge is 0.220 e. The maximum absolute atomic E-state index is 11.8. The number of ether oxygens (including phenoxy) is 2. The summed E-state index contributed by atoms with van der Waals surface area (Å²) in [5.41, 5.74) is 1.05. The molecule has 7 nitrogen and oxygen atoms in total. The number of methoxy groups -OCH3 is 2. The molecule has 1 fully saturated rings. The van der Waals surface area contributed by atoms with Gasteiger partial charge in [0, 0.05) is 50.8 Å². The SMILES string of the molecule is CCNC(=NCCCC(=O)NC1CC1)N(C)Cc1ccc(OC)cc1OC. The van der Waals surface area contributed by atoms with Crippen LogP contribution in [0.25, 0.3) is 0 Å². The lowest BCUT2D eigenvalue weighted by molar-refractivity contribution is -0.121. The van der Waals surface area contributed by atoms with Crippen LogP contribution in [0.1, 0.15) is 38.2 Å². The molecule has 1 aliphatic carbocycles. The van der Waals surface area contributed by atoms with E-state index >= 15 is 0 Å². The van der Waals surface area contributed by atoms with Gasteiger partial charge in [-0.05, 0) is 38.3 Å². The molecule has 150 valence electrons. The Kier molecular flexibility index (Phi) is 8.23. The van der Waals surface area contributed by atoms with Crippen LogP contribution >= 0.6 is 0 Å². The van der Waals surface area contributed by atoms with E-state index in [1.807, 2.05) is 32.2 Å². The van der Waals surface area contributed by atoms with Crippen LogP contribution in [0, 0.1) is 0 Å².